The van der Waals surface area contributed by atoms with Gasteiger partial charge in [-0.3, -0.25) is 4.68 Å². The average molecular weight is 376 g/mol. The summed E-state index contributed by atoms with van der Waals surface area (Å²) >= 11 is 1.64. The number of fused-ring (bicyclic) bond motifs is 3. The van der Waals surface area contributed by atoms with Gasteiger partial charge in [0.25, 0.3) is 0 Å². The van der Waals surface area contributed by atoms with E-state index in [4.69, 9.17) is 9.72 Å². The van der Waals surface area contributed by atoms with Crippen LogP contribution in [0.4, 0.5) is 11.1 Å². The van der Waals surface area contributed by atoms with Gasteiger partial charge in [0.2, 0.25) is 5.95 Å². The molecule has 3 aromatic heterocycles. The van der Waals surface area contributed by atoms with E-state index in [1.807, 2.05) is 18.3 Å². The largest absolute Gasteiger partial charge is 0.497 e. The van der Waals surface area contributed by atoms with Crippen molar-refractivity contribution in [1.82, 2.24) is 24.7 Å². The zero-order valence-electron chi connectivity index (χ0n) is 14.6. The molecular formula is C19H16N6OS. The number of anilines is 2. The molecule has 1 aliphatic rings. The van der Waals surface area contributed by atoms with E-state index in [2.05, 4.69) is 37.2 Å². The number of rotatable bonds is 5. The minimum atomic E-state index is 0.556. The van der Waals surface area contributed by atoms with E-state index in [-0.39, 0.29) is 0 Å². The summed E-state index contributed by atoms with van der Waals surface area (Å²) in [4.78, 5) is 14.3. The quantitative estimate of drug-likeness (QED) is 0.506. The molecule has 5 rings (SSSR count). The highest BCUT2D eigenvalue weighted by Crippen LogP contribution is 2.41. The Kier molecular flexibility index (Phi) is 3.83. The van der Waals surface area contributed by atoms with Gasteiger partial charge in [-0.05, 0) is 23.8 Å². The standard InChI is InChI=1S/C19H16N6OS/c1-26-13-5-3-12(4-6-13)11-25-15-9-16-17(14(15)10-22-25)23-19(27-16)24-18-20-7-2-8-21-18/h2-8,10H,9,11H2,1H3,(H,20,21,23,24). The third-order valence-corrected chi connectivity index (χ3v) is 5.48. The Morgan fingerprint density at radius 2 is 2.00 bits per heavy atom. The highest BCUT2D eigenvalue weighted by molar-refractivity contribution is 7.16. The molecule has 1 N–H and O–H groups in total. The summed E-state index contributed by atoms with van der Waals surface area (Å²) in [5, 5.41) is 8.55. The van der Waals surface area contributed by atoms with E-state index >= 15 is 0 Å². The first-order valence-electron chi connectivity index (χ1n) is 8.52. The van der Waals surface area contributed by atoms with Gasteiger partial charge in [-0.15, -0.1) is 11.3 Å². The van der Waals surface area contributed by atoms with Crippen LogP contribution in [0.3, 0.4) is 0 Å². The van der Waals surface area contributed by atoms with Gasteiger partial charge >= 0.3 is 0 Å². The second-order valence-electron chi connectivity index (χ2n) is 6.18. The van der Waals surface area contributed by atoms with Crippen LogP contribution in [0.25, 0.3) is 11.3 Å². The van der Waals surface area contributed by atoms with Crippen LogP contribution in [-0.4, -0.2) is 31.8 Å². The summed E-state index contributed by atoms with van der Waals surface area (Å²) in [7, 11) is 1.67. The molecular weight excluding hydrogens is 360 g/mol. The van der Waals surface area contributed by atoms with Gasteiger partial charge in [0.1, 0.15) is 5.75 Å². The summed E-state index contributed by atoms with van der Waals surface area (Å²) in [6.45, 7) is 0.733. The highest BCUT2D eigenvalue weighted by atomic mass is 32.1. The van der Waals surface area contributed by atoms with Crippen molar-refractivity contribution in [3.05, 3.63) is 65.1 Å². The number of nitrogens with zero attached hydrogens (tertiary/aromatic N) is 5. The normalized spacial score (nSPS) is 11.9. The summed E-state index contributed by atoms with van der Waals surface area (Å²) in [6, 6.07) is 9.87. The van der Waals surface area contributed by atoms with Gasteiger partial charge in [-0.25, -0.2) is 15.0 Å². The Labute approximate surface area is 159 Å². The fourth-order valence-corrected chi connectivity index (χ4v) is 4.16. The smallest absolute Gasteiger partial charge is 0.228 e. The summed E-state index contributed by atoms with van der Waals surface area (Å²) in [5.41, 5.74) is 4.52. The first-order chi connectivity index (χ1) is 13.3. The Balaban J connectivity index is 1.38. The predicted octanol–water partition coefficient (Wildman–Crippen LogP) is 3.50. The molecule has 134 valence electrons. The van der Waals surface area contributed by atoms with E-state index in [9.17, 15) is 0 Å². The second kappa shape index (κ2) is 6.48. The number of nitrogens with one attached hydrogen (secondary N) is 1. The predicted molar refractivity (Wildman–Crippen MR) is 104 cm³/mol. The third kappa shape index (κ3) is 2.93. The fraction of sp³-hybridized carbons (Fsp3) is 0.158. The van der Waals surface area contributed by atoms with Crippen LogP contribution in [0.1, 0.15) is 16.1 Å². The molecule has 0 unspecified atom stereocenters. The van der Waals surface area contributed by atoms with E-state index in [0.29, 0.717) is 5.95 Å². The second-order valence-corrected chi connectivity index (χ2v) is 7.26. The molecule has 0 radical (unpaired) electrons. The zero-order chi connectivity index (χ0) is 18.2. The van der Waals surface area contributed by atoms with Gasteiger partial charge in [0.15, 0.2) is 5.13 Å². The maximum Gasteiger partial charge on any atom is 0.228 e. The molecule has 7 nitrogen and oxygen atoms in total. The molecule has 0 amide bonds. The SMILES string of the molecule is COc1ccc(Cn2ncc3c2Cc2sc(Nc4ncccn4)nc2-3)cc1. The lowest BCUT2D eigenvalue weighted by Gasteiger charge is -2.07. The summed E-state index contributed by atoms with van der Waals surface area (Å²) in [5.74, 6) is 1.42. The molecule has 1 aliphatic carbocycles. The van der Waals surface area contributed by atoms with Crippen LogP contribution < -0.4 is 10.1 Å². The van der Waals surface area contributed by atoms with Crippen molar-refractivity contribution in [3.8, 4) is 17.0 Å². The lowest BCUT2D eigenvalue weighted by Crippen LogP contribution is -2.05. The Morgan fingerprint density at radius 1 is 1.19 bits per heavy atom. The van der Waals surface area contributed by atoms with E-state index in [1.165, 1.54) is 16.1 Å². The van der Waals surface area contributed by atoms with Crippen LogP contribution in [0, 0.1) is 0 Å². The molecule has 4 aromatic rings. The first-order valence-corrected chi connectivity index (χ1v) is 9.33. The van der Waals surface area contributed by atoms with Crippen LogP contribution in [0.15, 0.2) is 48.9 Å². The van der Waals surface area contributed by atoms with Crippen molar-refractivity contribution in [3.63, 3.8) is 0 Å². The summed E-state index contributed by atoms with van der Waals surface area (Å²) in [6.07, 6.45) is 6.17. The number of hydrogen-bond acceptors (Lipinski definition) is 7. The lowest BCUT2D eigenvalue weighted by atomic mass is 10.2. The number of benzene rings is 1. The lowest BCUT2D eigenvalue weighted by molar-refractivity contribution is 0.414. The van der Waals surface area contributed by atoms with E-state index < -0.39 is 0 Å². The monoisotopic (exact) mass is 376 g/mol. The molecule has 1 aromatic carbocycles. The molecule has 0 saturated heterocycles. The van der Waals surface area contributed by atoms with Gasteiger partial charge in [0, 0.05) is 29.3 Å². The van der Waals surface area contributed by atoms with Crippen LogP contribution >= 0.6 is 11.3 Å². The number of methoxy groups -OCH3 is 1. The molecule has 0 saturated carbocycles. The third-order valence-electron chi connectivity index (χ3n) is 4.51. The Bertz CT molecular complexity index is 1090. The molecule has 0 fully saturated rings. The van der Waals surface area contributed by atoms with Crippen LogP contribution in [0.2, 0.25) is 0 Å². The molecule has 0 spiro atoms. The van der Waals surface area contributed by atoms with Crippen LogP contribution in [0.5, 0.6) is 5.75 Å². The molecule has 0 atom stereocenters. The molecule has 8 heteroatoms. The molecule has 3 heterocycles. The van der Waals surface area contributed by atoms with Crippen molar-refractivity contribution >= 4 is 22.4 Å². The maximum atomic E-state index is 5.22. The van der Waals surface area contributed by atoms with Crippen molar-refractivity contribution in [2.75, 3.05) is 12.4 Å². The van der Waals surface area contributed by atoms with E-state index in [0.717, 1.165) is 35.1 Å². The average Bonchev–Trinajstić information content (AvgIpc) is 3.35. The van der Waals surface area contributed by atoms with Gasteiger partial charge < -0.3 is 10.1 Å². The Morgan fingerprint density at radius 3 is 2.78 bits per heavy atom. The molecule has 27 heavy (non-hydrogen) atoms. The molecule has 0 aliphatic heterocycles. The van der Waals surface area contributed by atoms with Crippen molar-refractivity contribution in [1.29, 1.82) is 0 Å². The van der Waals surface area contributed by atoms with Crippen molar-refractivity contribution in [2.24, 2.45) is 0 Å². The number of hydrogen-bond donors (Lipinski definition) is 1. The summed E-state index contributed by atoms with van der Waals surface area (Å²) < 4.78 is 7.27. The zero-order valence-corrected chi connectivity index (χ0v) is 15.4. The minimum absolute atomic E-state index is 0.556. The van der Waals surface area contributed by atoms with E-state index in [1.54, 1.807) is 36.9 Å². The number of aromatic nitrogens is 5. The topological polar surface area (TPSA) is 77.8 Å². The Hall–Kier alpha value is -3.26. The fourth-order valence-electron chi connectivity index (χ4n) is 3.18. The van der Waals surface area contributed by atoms with Crippen molar-refractivity contribution in [2.45, 2.75) is 13.0 Å². The minimum Gasteiger partial charge on any atom is -0.497 e. The highest BCUT2D eigenvalue weighted by Gasteiger charge is 2.27. The van der Waals surface area contributed by atoms with Gasteiger partial charge in [-0.2, -0.15) is 5.10 Å². The number of thiazole rings is 1. The van der Waals surface area contributed by atoms with Gasteiger partial charge in [-0.1, -0.05) is 12.1 Å². The van der Waals surface area contributed by atoms with Crippen LogP contribution in [-0.2, 0) is 13.0 Å². The maximum absolute atomic E-state index is 5.22. The number of ether oxygens (including phenoxy) is 1. The first kappa shape index (κ1) is 16.0. The molecule has 0 bridgehead atoms. The van der Waals surface area contributed by atoms with Crippen molar-refractivity contribution < 1.29 is 4.74 Å². The van der Waals surface area contributed by atoms with Gasteiger partial charge in [0.05, 0.1) is 31.2 Å².